The van der Waals surface area contributed by atoms with E-state index in [4.69, 9.17) is 9.72 Å². The van der Waals surface area contributed by atoms with Gasteiger partial charge in [0.15, 0.2) is 5.82 Å². The van der Waals surface area contributed by atoms with Crippen molar-refractivity contribution in [3.8, 4) is 11.5 Å². The fraction of sp³-hybridized carbons (Fsp3) is 0.474. The summed E-state index contributed by atoms with van der Waals surface area (Å²) in [6, 6.07) is 7.89. The molecule has 0 aromatic carbocycles. The van der Waals surface area contributed by atoms with Gasteiger partial charge in [0.25, 0.3) is 0 Å². The summed E-state index contributed by atoms with van der Waals surface area (Å²) in [7, 11) is 1.44. The molecule has 1 saturated heterocycles. The Morgan fingerprint density at radius 2 is 2.20 bits per heavy atom. The quantitative estimate of drug-likeness (QED) is 0.779. The smallest absolute Gasteiger partial charge is 0.307 e. The molecule has 0 N–H and O–H groups in total. The van der Waals surface area contributed by atoms with E-state index in [0.29, 0.717) is 12.2 Å². The van der Waals surface area contributed by atoms with E-state index in [1.54, 1.807) is 6.20 Å². The first kappa shape index (κ1) is 17.3. The number of aromatic nitrogens is 3. The van der Waals surface area contributed by atoms with Gasteiger partial charge in [-0.3, -0.25) is 9.78 Å². The van der Waals surface area contributed by atoms with Crippen molar-refractivity contribution < 1.29 is 9.53 Å². The summed E-state index contributed by atoms with van der Waals surface area (Å²) in [5, 5.41) is 0. The molecule has 0 aliphatic carbocycles. The normalized spacial score (nSPS) is 17.4. The predicted octanol–water partition coefficient (Wildman–Crippen LogP) is 3.02. The number of rotatable bonds is 5. The van der Waals surface area contributed by atoms with Crippen LogP contribution in [0.1, 0.15) is 38.3 Å². The molecule has 132 valence electrons. The van der Waals surface area contributed by atoms with Crippen molar-refractivity contribution in [3.05, 3.63) is 36.2 Å². The van der Waals surface area contributed by atoms with Crippen molar-refractivity contribution in [2.75, 3.05) is 18.6 Å². The second-order valence-corrected chi connectivity index (χ2v) is 6.23. The Kier molecular flexibility index (Phi) is 5.58. The van der Waals surface area contributed by atoms with Gasteiger partial charge in [0.05, 0.1) is 13.5 Å². The molecule has 1 aliphatic rings. The number of hydrogen-bond donors (Lipinski definition) is 0. The summed E-state index contributed by atoms with van der Waals surface area (Å²) in [5.74, 6) is 1.34. The van der Waals surface area contributed by atoms with Gasteiger partial charge in [0.1, 0.15) is 11.5 Å². The Labute approximate surface area is 148 Å². The van der Waals surface area contributed by atoms with Crippen LogP contribution in [0.2, 0.25) is 0 Å². The molecule has 1 fully saturated rings. The highest BCUT2D eigenvalue weighted by Crippen LogP contribution is 2.27. The topological polar surface area (TPSA) is 68.2 Å². The molecular formula is C19H24N4O2. The van der Waals surface area contributed by atoms with E-state index in [9.17, 15) is 4.79 Å². The first-order valence-corrected chi connectivity index (χ1v) is 8.84. The van der Waals surface area contributed by atoms with E-state index < -0.39 is 0 Å². The minimum Gasteiger partial charge on any atom is -0.469 e. The number of carbonyl (C=O) groups is 1. The van der Waals surface area contributed by atoms with Gasteiger partial charge in [0.2, 0.25) is 0 Å². The summed E-state index contributed by atoms with van der Waals surface area (Å²) >= 11 is 0. The Morgan fingerprint density at radius 3 is 2.92 bits per heavy atom. The third-order valence-electron chi connectivity index (χ3n) is 4.57. The highest BCUT2D eigenvalue weighted by molar-refractivity contribution is 5.71. The molecule has 0 radical (unpaired) electrons. The van der Waals surface area contributed by atoms with E-state index >= 15 is 0 Å². The molecular weight excluding hydrogens is 316 g/mol. The molecule has 1 aliphatic heterocycles. The summed E-state index contributed by atoms with van der Waals surface area (Å²) in [6.07, 6.45) is 6.15. The molecule has 6 nitrogen and oxygen atoms in total. The van der Waals surface area contributed by atoms with Gasteiger partial charge < -0.3 is 9.64 Å². The van der Waals surface area contributed by atoms with Gasteiger partial charge in [-0.2, -0.15) is 0 Å². The zero-order chi connectivity index (χ0) is 17.6. The molecule has 1 atom stereocenters. The molecule has 0 saturated carbocycles. The van der Waals surface area contributed by atoms with Crippen LogP contribution >= 0.6 is 0 Å². The van der Waals surface area contributed by atoms with Crippen LogP contribution in [0, 0.1) is 0 Å². The van der Waals surface area contributed by atoms with Crippen LogP contribution in [0.25, 0.3) is 11.5 Å². The van der Waals surface area contributed by atoms with Gasteiger partial charge in [0, 0.05) is 30.5 Å². The lowest BCUT2D eigenvalue weighted by molar-refractivity contribution is -0.141. The summed E-state index contributed by atoms with van der Waals surface area (Å²) in [5.41, 5.74) is 1.74. The van der Waals surface area contributed by atoms with Crippen LogP contribution in [-0.4, -0.2) is 40.6 Å². The van der Waals surface area contributed by atoms with Gasteiger partial charge in [-0.25, -0.2) is 9.97 Å². The van der Waals surface area contributed by atoms with Gasteiger partial charge >= 0.3 is 5.97 Å². The van der Waals surface area contributed by atoms with Gasteiger partial charge in [-0.05, 0) is 37.8 Å². The van der Waals surface area contributed by atoms with Crippen LogP contribution < -0.4 is 4.90 Å². The lowest BCUT2D eigenvalue weighted by atomic mass is 9.99. The summed E-state index contributed by atoms with van der Waals surface area (Å²) in [4.78, 5) is 27.8. The number of methoxy groups -OCH3 is 1. The first-order chi connectivity index (χ1) is 12.2. The Morgan fingerprint density at radius 1 is 1.32 bits per heavy atom. The maximum absolute atomic E-state index is 11.8. The Bertz CT molecular complexity index is 721. The number of hydrogen-bond acceptors (Lipinski definition) is 6. The van der Waals surface area contributed by atoms with E-state index in [2.05, 4.69) is 21.8 Å². The van der Waals surface area contributed by atoms with E-state index in [-0.39, 0.29) is 12.0 Å². The molecule has 0 spiro atoms. The number of ether oxygens (including phenoxy) is 1. The zero-order valence-electron chi connectivity index (χ0n) is 14.8. The van der Waals surface area contributed by atoms with E-state index in [1.807, 2.05) is 24.3 Å². The first-order valence-electron chi connectivity index (χ1n) is 8.84. The largest absolute Gasteiger partial charge is 0.469 e. The van der Waals surface area contributed by atoms with E-state index in [0.717, 1.165) is 49.4 Å². The number of aryl methyl sites for hydroxylation is 1. The second-order valence-electron chi connectivity index (χ2n) is 6.23. The number of piperidine rings is 1. The Hall–Kier alpha value is -2.50. The van der Waals surface area contributed by atoms with Crippen LogP contribution in [0.4, 0.5) is 5.82 Å². The third-order valence-corrected chi connectivity index (χ3v) is 4.57. The number of anilines is 1. The summed E-state index contributed by atoms with van der Waals surface area (Å²) in [6.45, 7) is 2.97. The molecule has 2 aromatic rings. The number of esters is 1. The van der Waals surface area contributed by atoms with Gasteiger partial charge in [-0.15, -0.1) is 0 Å². The van der Waals surface area contributed by atoms with Crippen molar-refractivity contribution in [1.29, 1.82) is 0 Å². The third kappa shape index (κ3) is 4.13. The number of nitrogens with zero attached hydrogens (tertiary/aromatic N) is 4. The minimum absolute atomic E-state index is 0.123. The molecule has 3 rings (SSSR count). The zero-order valence-corrected chi connectivity index (χ0v) is 14.8. The fourth-order valence-corrected chi connectivity index (χ4v) is 3.21. The standard InChI is InChI=1S/C19H24N4O2/c1-3-14-12-17(22-19(21-14)16-9-4-6-10-20-16)23-11-7-5-8-15(23)13-18(24)25-2/h4,6,9-10,12,15H,3,5,7-8,11,13H2,1-2H3/t15-/m0/s1. The maximum Gasteiger partial charge on any atom is 0.307 e. The fourth-order valence-electron chi connectivity index (χ4n) is 3.21. The molecule has 25 heavy (non-hydrogen) atoms. The van der Waals surface area contributed by atoms with Crippen molar-refractivity contribution in [3.63, 3.8) is 0 Å². The molecule has 3 heterocycles. The average Bonchev–Trinajstić information content (AvgIpc) is 2.68. The molecule has 0 bridgehead atoms. The maximum atomic E-state index is 11.8. The number of carbonyl (C=O) groups excluding carboxylic acids is 1. The lowest BCUT2D eigenvalue weighted by Gasteiger charge is -2.36. The van der Waals surface area contributed by atoms with Crippen LogP contribution in [0.5, 0.6) is 0 Å². The highest BCUT2D eigenvalue weighted by Gasteiger charge is 2.27. The second kappa shape index (κ2) is 8.05. The Balaban J connectivity index is 1.95. The SMILES string of the molecule is CCc1cc(N2CCCC[C@H]2CC(=O)OC)nc(-c2ccccn2)n1. The van der Waals surface area contributed by atoms with E-state index in [1.165, 1.54) is 7.11 Å². The molecule has 0 unspecified atom stereocenters. The van der Waals surface area contributed by atoms with Crippen molar-refractivity contribution in [2.24, 2.45) is 0 Å². The van der Waals surface area contributed by atoms with Gasteiger partial charge in [-0.1, -0.05) is 13.0 Å². The molecule has 2 aromatic heterocycles. The average molecular weight is 340 g/mol. The van der Waals surface area contributed by atoms with Crippen LogP contribution in [0.3, 0.4) is 0 Å². The minimum atomic E-state index is -0.174. The van der Waals surface area contributed by atoms with Crippen LogP contribution in [-0.2, 0) is 16.0 Å². The number of pyridine rings is 1. The lowest BCUT2D eigenvalue weighted by Crippen LogP contribution is -2.41. The van der Waals surface area contributed by atoms with Crippen molar-refractivity contribution >= 4 is 11.8 Å². The monoisotopic (exact) mass is 340 g/mol. The molecule has 0 amide bonds. The highest BCUT2D eigenvalue weighted by atomic mass is 16.5. The summed E-state index contributed by atoms with van der Waals surface area (Å²) < 4.78 is 4.87. The van der Waals surface area contributed by atoms with Crippen molar-refractivity contribution in [1.82, 2.24) is 15.0 Å². The predicted molar refractivity (Wildman–Crippen MR) is 96.3 cm³/mol. The van der Waals surface area contributed by atoms with Crippen molar-refractivity contribution in [2.45, 2.75) is 45.1 Å². The molecule has 6 heteroatoms. The van der Waals surface area contributed by atoms with Crippen LogP contribution in [0.15, 0.2) is 30.5 Å².